The van der Waals surface area contributed by atoms with Crippen molar-refractivity contribution in [2.75, 3.05) is 6.26 Å². The Morgan fingerprint density at radius 2 is 1.88 bits per heavy atom. The van der Waals surface area contributed by atoms with Gasteiger partial charge in [-0.1, -0.05) is 41.9 Å². The van der Waals surface area contributed by atoms with E-state index in [1.54, 1.807) is 0 Å². The summed E-state index contributed by atoms with van der Waals surface area (Å²) in [5, 5.41) is 1.86. The van der Waals surface area contributed by atoms with Crippen molar-refractivity contribution in [2.24, 2.45) is 5.92 Å². The first-order valence-corrected chi connectivity index (χ1v) is 10.9. The molecule has 0 bridgehead atoms. The number of benzene rings is 2. The van der Waals surface area contributed by atoms with E-state index in [4.69, 9.17) is 11.6 Å². The lowest BCUT2D eigenvalue weighted by Gasteiger charge is -2.17. The smallest absolute Gasteiger partial charge is 0.151 e. The van der Waals surface area contributed by atoms with Gasteiger partial charge < -0.3 is 4.98 Å². The average molecular weight is 374 g/mol. The number of nitrogens with one attached hydrogen (secondary N) is 1. The molecule has 1 saturated carbocycles. The van der Waals surface area contributed by atoms with Gasteiger partial charge in [-0.25, -0.2) is 8.42 Å². The number of rotatable bonds is 5. The molecule has 1 aromatic heterocycles. The number of sulfone groups is 1. The van der Waals surface area contributed by atoms with Gasteiger partial charge in [0.2, 0.25) is 0 Å². The second-order valence-electron chi connectivity index (χ2n) is 7.02. The van der Waals surface area contributed by atoms with Crippen LogP contribution >= 0.6 is 11.6 Å². The van der Waals surface area contributed by atoms with Crippen molar-refractivity contribution in [2.45, 2.75) is 24.5 Å². The van der Waals surface area contributed by atoms with E-state index in [9.17, 15) is 8.42 Å². The highest BCUT2D eigenvalue weighted by atomic mass is 35.5. The summed E-state index contributed by atoms with van der Waals surface area (Å²) in [7, 11) is -3.08. The summed E-state index contributed by atoms with van der Waals surface area (Å²) in [4.78, 5) is 3.33. The molecule has 0 spiro atoms. The number of aromatic nitrogens is 1. The van der Waals surface area contributed by atoms with Gasteiger partial charge in [0.25, 0.3) is 0 Å². The molecule has 130 valence electrons. The molecule has 3 aromatic rings. The van der Waals surface area contributed by atoms with Crippen molar-refractivity contribution in [3.63, 3.8) is 0 Å². The third-order valence-corrected chi connectivity index (χ3v) is 6.00. The second-order valence-corrected chi connectivity index (χ2v) is 9.60. The van der Waals surface area contributed by atoms with E-state index in [-0.39, 0.29) is 5.75 Å². The van der Waals surface area contributed by atoms with E-state index in [0.717, 1.165) is 21.5 Å². The molecule has 2 aromatic carbocycles. The topological polar surface area (TPSA) is 49.9 Å². The van der Waals surface area contributed by atoms with E-state index in [0.29, 0.717) is 11.8 Å². The Balaban J connectivity index is 1.82. The Hall–Kier alpha value is -1.78. The third kappa shape index (κ3) is 3.46. The molecule has 0 radical (unpaired) electrons. The zero-order valence-corrected chi connectivity index (χ0v) is 15.6. The molecule has 1 atom stereocenters. The highest BCUT2D eigenvalue weighted by Crippen LogP contribution is 2.48. The van der Waals surface area contributed by atoms with Crippen molar-refractivity contribution >= 4 is 32.3 Å². The Labute approximate surface area is 152 Å². The van der Waals surface area contributed by atoms with Crippen LogP contribution in [-0.4, -0.2) is 19.7 Å². The minimum absolute atomic E-state index is 0.0549. The van der Waals surface area contributed by atoms with E-state index in [1.165, 1.54) is 30.2 Å². The van der Waals surface area contributed by atoms with Crippen molar-refractivity contribution in [3.8, 4) is 0 Å². The van der Waals surface area contributed by atoms with Crippen LogP contribution in [0.3, 0.4) is 0 Å². The molecule has 1 unspecified atom stereocenters. The van der Waals surface area contributed by atoms with Gasteiger partial charge >= 0.3 is 0 Å². The highest BCUT2D eigenvalue weighted by molar-refractivity contribution is 7.89. The molecule has 3 nitrogen and oxygen atoms in total. The van der Waals surface area contributed by atoms with E-state index in [1.807, 2.05) is 30.5 Å². The van der Waals surface area contributed by atoms with Crippen LogP contribution in [0, 0.1) is 5.92 Å². The monoisotopic (exact) mass is 373 g/mol. The molecule has 4 rings (SSSR count). The Kier molecular flexibility index (Phi) is 4.13. The lowest BCUT2D eigenvalue weighted by molar-refractivity contribution is 0.601. The zero-order chi connectivity index (χ0) is 17.6. The molecule has 0 saturated heterocycles. The maximum atomic E-state index is 11.7. The van der Waals surface area contributed by atoms with Gasteiger partial charge in [0.15, 0.2) is 9.84 Å². The molecule has 0 amide bonds. The van der Waals surface area contributed by atoms with E-state index < -0.39 is 9.84 Å². The molecule has 1 heterocycles. The van der Waals surface area contributed by atoms with Crippen molar-refractivity contribution in [1.82, 2.24) is 4.98 Å². The SMILES string of the molecule is CS(=O)(=O)Cc1cccc2c(C(c3ccc(Cl)cc3)C3CC3)c[nH]c12. The molecular weight excluding hydrogens is 354 g/mol. The number of H-pyrrole nitrogens is 1. The predicted octanol–water partition coefficient (Wildman–Crippen LogP) is 4.91. The Morgan fingerprint density at radius 1 is 1.16 bits per heavy atom. The second kappa shape index (κ2) is 6.19. The fourth-order valence-corrected chi connectivity index (χ4v) is 4.64. The van der Waals surface area contributed by atoms with Crippen molar-refractivity contribution in [3.05, 3.63) is 70.4 Å². The summed E-state index contributed by atoms with van der Waals surface area (Å²) in [5.41, 5.74) is 4.27. The summed E-state index contributed by atoms with van der Waals surface area (Å²) in [6, 6.07) is 14.0. The number of para-hydroxylation sites is 1. The average Bonchev–Trinajstić information content (AvgIpc) is 3.28. The predicted molar refractivity (Wildman–Crippen MR) is 103 cm³/mol. The van der Waals surface area contributed by atoms with Gasteiger partial charge in [-0.3, -0.25) is 0 Å². The quantitative estimate of drug-likeness (QED) is 0.690. The number of halogens is 1. The van der Waals surface area contributed by atoms with Gasteiger partial charge in [-0.15, -0.1) is 0 Å². The van der Waals surface area contributed by atoms with Crippen molar-refractivity contribution < 1.29 is 8.42 Å². The van der Waals surface area contributed by atoms with Crippen LogP contribution in [0.1, 0.15) is 35.4 Å². The maximum Gasteiger partial charge on any atom is 0.151 e. The lowest BCUT2D eigenvalue weighted by Crippen LogP contribution is -2.03. The Bertz CT molecular complexity index is 1020. The van der Waals surface area contributed by atoms with Crippen LogP contribution in [0.2, 0.25) is 5.02 Å². The van der Waals surface area contributed by atoms with Gasteiger partial charge in [-0.2, -0.15) is 0 Å². The standard InChI is InChI=1S/C20H20ClNO2S/c1-25(23,24)12-15-3-2-4-17-18(11-22-20(15)17)19(13-5-6-13)14-7-9-16(21)10-8-14/h2-4,7-11,13,19,22H,5-6,12H2,1H3. The summed E-state index contributed by atoms with van der Waals surface area (Å²) < 4.78 is 23.5. The lowest BCUT2D eigenvalue weighted by atomic mass is 9.87. The van der Waals surface area contributed by atoms with Crippen LogP contribution in [0.15, 0.2) is 48.7 Å². The minimum atomic E-state index is -3.08. The summed E-state index contributed by atoms with van der Waals surface area (Å²) in [6.45, 7) is 0. The number of hydrogen-bond acceptors (Lipinski definition) is 2. The first-order chi connectivity index (χ1) is 11.9. The fraction of sp³-hybridized carbons (Fsp3) is 0.300. The van der Waals surface area contributed by atoms with Gasteiger partial charge in [0, 0.05) is 34.3 Å². The first kappa shape index (κ1) is 16.7. The molecular formula is C20H20ClNO2S. The van der Waals surface area contributed by atoms with E-state index >= 15 is 0 Å². The van der Waals surface area contributed by atoms with Gasteiger partial charge in [0.05, 0.1) is 5.75 Å². The van der Waals surface area contributed by atoms with Crippen LogP contribution in [-0.2, 0) is 15.6 Å². The molecule has 5 heteroatoms. The largest absolute Gasteiger partial charge is 0.361 e. The number of fused-ring (bicyclic) bond motifs is 1. The van der Waals surface area contributed by atoms with E-state index in [2.05, 4.69) is 23.2 Å². The van der Waals surface area contributed by atoms with Crippen LogP contribution in [0.5, 0.6) is 0 Å². The molecule has 1 fully saturated rings. The molecule has 25 heavy (non-hydrogen) atoms. The molecule has 1 N–H and O–H groups in total. The summed E-state index contributed by atoms with van der Waals surface area (Å²) in [5.74, 6) is 1.01. The minimum Gasteiger partial charge on any atom is -0.361 e. The summed E-state index contributed by atoms with van der Waals surface area (Å²) in [6.07, 6.45) is 5.77. The normalized spacial score (nSPS) is 16.2. The maximum absolute atomic E-state index is 11.7. The molecule has 1 aliphatic rings. The van der Waals surface area contributed by atoms with Gasteiger partial charge in [-0.05, 0) is 47.6 Å². The Morgan fingerprint density at radius 3 is 2.52 bits per heavy atom. The summed E-state index contributed by atoms with van der Waals surface area (Å²) >= 11 is 6.05. The highest BCUT2D eigenvalue weighted by Gasteiger charge is 2.34. The van der Waals surface area contributed by atoms with Crippen LogP contribution < -0.4 is 0 Å². The third-order valence-electron chi connectivity index (χ3n) is 4.91. The number of hydrogen-bond donors (Lipinski definition) is 1. The number of aromatic amines is 1. The fourth-order valence-electron chi connectivity index (χ4n) is 3.70. The molecule has 0 aliphatic heterocycles. The first-order valence-electron chi connectivity index (χ1n) is 8.44. The molecule has 1 aliphatic carbocycles. The van der Waals surface area contributed by atoms with Gasteiger partial charge in [0.1, 0.15) is 0 Å². The van der Waals surface area contributed by atoms with Crippen molar-refractivity contribution in [1.29, 1.82) is 0 Å². The van der Waals surface area contributed by atoms with Crippen LogP contribution in [0.4, 0.5) is 0 Å². The zero-order valence-electron chi connectivity index (χ0n) is 14.0. The van der Waals surface area contributed by atoms with Crippen LogP contribution in [0.25, 0.3) is 10.9 Å².